The van der Waals surface area contributed by atoms with E-state index in [1.54, 1.807) is 4.90 Å². The van der Waals surface area contributed by atoms with Crippen LogP contribution in [0.15, 0.2) is 18.2 Å². The molecule has 0 aromatic heterocycles. The summed E-state index contributed by atoms with van der Waals surface area (Å²) in [6.07, 6.45) is 2.55. The Kier molecular flexibility index (Phi) is 10.9. The van der Waals surface area contributed by atoms with Gasteiger partial charge in [-0.3, -0.25) is 19.3 Å². The van der Waals surface area contributed by atoms with Gasteiger partial charge >= 0.3 is 12.2 Å². The van der Waals surface area contributed by atoms with E-state index in [-0.39, 0.29) is 25.0 Å². The molecule has 3 aliphatic rings. The number of carbonyl (C=O) groups excluding carboxylic acids is 5. The molecule has 3 heterocycles. The summed E-state index contributed by atoms with van der Waals surface area (Å²) in [6.45, 7) is 12.4. The van der Waals surface area contributed by atoms with Gasteiger partial charge in [0.05, 0.1) is 13.2 Å². The van der Waals surface area contributed by atoms with Crippen molar-refractivity contribution in [2.45, 2.75) is 124 Å². The highest BCUT2D eigenvalue weighted by Crippen LogP contribution is 2.32. The van der Waals surface area contributed by atoms with Gasteiger partial charge in [-0.1, -0.05) is 72.6 Å². The number of primary amides is 1. The molecule has 1 aromatic carbocycles. The second-order valence-corrected chi connectivity index (χ2v) is 14.8. The number of ether oxygens (including phenoxy) is 2. The number of nitrogens with two attached hydrogens (primary N) is 1. The second kappa shape index (κ2) is 14.3. The molecule has 1 unspecified atom stereocenters. The number of aryl methyl sites for hydroxylation is 1. The summed E-state index contributed by atoms with van der Waals surface area (Å²) < 4.78 is 11.6. The highest BCUT2D eigenvalue weighted by atomic mass is 16.6. The predicted octanol–water partition coefficient (Wildman–Crippen LogP) is 3.77. The number of amides is 5. The van der Waals surface area contributed by atoms with Gasteiger partial charge < -0.3 is 30.7 Å². The van der Waals surface area contributed by atoms with Crippen LogP contribution in [0.1, 0.15) is 96.8 Å². The summed E-state index contributed by atoms with van der Waals surface area (Å²) in [5.74, 6) is -1.76. The average molecular weight is 642 g/mol. The molecule has 0 spiro atoms. The zero-order chi connectivity index (χ0) is 33.8. The van der Waals surface area contributed by atoms with Crippen LogP contribution in [-0.4, -0.2) is 77.1 Å². The largest absolute Gasteiger partial charge is 0.449 e. The van der Waals surface area contributed by atoms with Crippen molar-refractivity contribution in [2.24, 2.45) is 16.6 Å². The van der Waals surface area contributed by atoms with E-state index in [1.807, 2.05) is 53.7 Å². The van der Waals surface area contributed by atoms with Crippen molar-refractivity contribution in [3.8, 4) is 0 Å². The van der Waals surface area contributed by atoms with Gasteiger partial charge in [-0.2, -0.15) is 0 Å². The van der Waals surface area contributed by atoms with Crippen molar-refractivity contribution in [3.05, 3.63) is 34.9 Å². The molecule has 5 amide bonds. The first-order valence-corrected chi connectivity index (χ1v) is 16.5. The van der Waals surface area contributed by atoms with E-state index in [0.717, 1.165) is 36.8 Å². The third-order valence-corrected chi connectivity index (χ3v) is 9.21. The number of nitrogens with zero attached hydrogens (tertiary/aromatic N) is 2. The summed E-state index contributed by atoms with van der Waals surface area (Å²) in [4.78, 5) is 69.4. The Labute approximate surface area is 272 Å². The SMILES string of the molecule is CCCC(NC(=O)[C@@H]1C[C@@H]2CN1C(=O)[C@H](C(C)(C)C)NC(=O)OCC(C)(C)CCCCc1cccc3c1CN(C3)C(=O)O2)C(N)=O. The normalized spacial score (nSPS) is 24.8. The van der Waals surface area contributed by atoms with Gasteiger partial charge in [0.1, 0.15) is 24.2 Å². The van der Waals surface area contributed by atoms with Gasteiger partial charge in [0, 0.05) is 19.5 Å². The van der Waals surface area contributed by atoms with E-state index < -0.39 is 59.6 Å². The number of hydrogen-bond donors (Lipinski definition) is 3. The summed E-state index contributed by atoms with van der Waals surface area (Å²) in [5.41, 5.74) is 7.93. The van der Waals surface area contributed by atoms with Crippen LogP contribution in [0.2, 0.25) is 0 Å². The van der Waals surface area contributed by atoms with E-state index in [2.05, 4.69) is 16.7 Å². The maximum absolute atomic E-state index is 14.2. The van der Waals surface area contributed by atoms with Crippen molar-refractivity contribution in [2.75, 3.05) is 13.2 Å². The number of alkyl carbamates (subject to hydrolysis) is 1. The smallest absolute Gasteiger partial charge is 0.410 e. The van der Waals surface area contributed by atoms with Crippen LogP contribution >= 0.6 is 0 Å². The number of carbonyl (C=O) groups is 5. The third-order valence-electron chi connectivity index (χ3n) is 9.21. The Morgan fingerprint density at radius 2 is 1.85 bits per heavy atom. The third kappa shape index (κ3) is 8.50. The standard InChI is InChI=1S/C34H51N5O7/c1-7-11-25(28(35)40)36-29(41)26-16-23-18-39(26)30(42)27(33(2,3)4)37-31(43)45-20-34(5,6)15-9-8-12-21-13-10-14-22-17-38(19-24(21)22)32(44)46-23/h10,13-14,23,25-27H,7-9,11-12,15-20H2,1-6H3,(H2,35,40)(H,36,41)(H,37,43)/t23-,25?,26+,27-/m1/s1. The fourth-order valence-electron chi connectivity index (χ4n) is 6.52. The number of hydrogen-bond acceptors (Lipinski definition) is 7. The molecule has 1 saturated heterocycles. The van der Waals surface area contributed by atoms with E-state index in [4.69, 9.17) is 15.2 Å². The lowest BCUT2D eigenvalue weighted by atomic mass is 9.85. The van der Waals surface area contributed by atoms with Crippen molar-refractivity contribution >= 4 is 29.9 Å². The lowest BCUT2D eigenvalue weighted by molar-refractivity contribution is -0.142. The van der Waals surface area contributed by atoms with Gasteiger partial charge in [-0.15, -0.1) is 0 Å². The molecule has 254 valence electrons. The molecule has 0 saturated carbocycles. The van der Waals surface area contributed by atoms with Gasteiger partial charge in [0.25, 0.3) is 0 Å². The number of rotatable bonds is 5. The van der Waals surface area contributed by atoms with Gasteiger partial charge in [0.15, 0.2) is 0 Å². The molecule has 4 bridgehead atoms. The predicted molar refractivity (Wildman–Crippen MR) is 171 cm³/mol. The zero-order valence-corrected chi connectivity index (χ0v) is 28.1. The highest BCUT2D eigenvalue weighted by molar-refractivity contribution is 5.94. The van der Waals surface area contributed by atoms with Crippen molar-refractivity contribution in [3.63, 3.8) is 0 Å². The van der Waals surface area contributed by atoms with Crippen molar-refractivity contribution in [1.29, 1.82) is 0 Å². The number of cyclic esters (lactones) is 1. The molecule has 4 atom stereocenters. The van der Waals surface area contributed by atoms with E-state index in [1.165, 1.54) is 10.5 Å². The van der Waals surface area contributed by atoms with Gasteiger partial charge in [-0.05, 0) is 53.2 Å². The van der Waals surface area contributed by atoms with Crippen LogP contribution in [0.25, 0.3) is 0 Å². The minimum absolute atomic E-state index is 0.0302. The van der Waals surface area contributed by atoms with Crippen LogP contribution in [0.3, 0.4) is 0 Å². The van der Waals surface area contributed by atoms with E-state index in [9.17, 15) is 24.0 Å². The fourth-order valence-corrected chi connectivity index (χ4v) is 6.52. The van der Waals surface area contributed by atoms with Crippen LogP contribution in [0, 0.1) is 10.8 Å². The van der Waals surface area contributed by atoms with Gasteiger partial charge in [0.2, 0.25) is 17.7 Å². The number of benzene rings is 1. The second-order valence-electron chi connectivity index (χ2n) is 14.8. The number of nitrogens with one attached hydrogen (secondary N) is 2. The lowest BCUT2D eigenvalue weighted by Gasteiger charge is -2.35. The zero-order valence-electron chi connectivity index (χ0n) is 28.1. The summed E-state index contributed by atoms with van der Waals surface area (Å²) in [6, 6.07) is 3.13. The summed E-state index contributed by atoms with van der Waals surface area (Å²) in [5, 5.41) is 5.45. The lowest BCUT2D eigenvalue weighted by Crippen LogP contribution is -2.59. The number of fused-ring (bicyclic) bond motifs is 3. The molecular formula is C34H51N5O7. The average Bonchev–Trinajstić information content (AvgIpc) is 3.61. The summed E-state index contributed by atoms with van der Waals surface area (Å²) in [7, 11) is 0. The van der Waals surface area contributed by atoms with Gasteiger partial charge in [-0.25, -0.2) is 9.59 Å². The van der Waals surface area contributed by atoms with Crippen LogP contribution < -0.4 is 16.4 Å². The molecule has 1 fully saturated rings. The topological polar surface area (TPSA) is 160 Å². The van der Waals surface area contributed by atoms with Crippen molar-refractivity contribution < 1.29 is 33.4 Å². The van der Waals surface area contributed by atoms with E-state index in [0.29, 0.717) is 25.9 Å². The monoisotopic (exact) mass is 641 g/mol. The Morgan fingerprint density at radius 3 is 2.52 bits per heavy atom. The molecule has 0 radical (unpaired) electrons. The molecule has 4 N–H and O–H groups in total. The quantitative estimate of drug-likeness (QED) is 0.441. The van der Waals surface area contributed by atoms with Crippen LogP contribution in [0.5, 0.6) is 0 Å². The molecule has 0 aliphatic carbocycles. The first-order chi connectivity index (χ1) is 21.6. The van der Waals surface area contributed by atoms with Crippen LogP contribution in [0.4, 0.5) is 9.59 Å². The molecule has 46 heavy (non-hydrogen) atoms. The van der Waals surface area contributed by atoms with Crippen LogP contribution in [-0.2, 0) is 43.4 Å². The van der Waals surface area contributed by atoms with Crippen molar-refractivity contribution in [1.82, 2.24) is 20.4 Å². The Hall–Kier alpha value is -3.83. The first kappa shape index (κ1) is 35.0. The Morgan fingerprint density at radius 1 is 1.13 bits per heavy atom. The molecule has 4 rings (SSSR count). The highest BCUT2D eigenvalue weighted by Gasteiger charge is 2.47. The maximum atomic E-state index is 14.2. The molecular weight excluding hydrogens is 590 g/mol. The Balaban J connectivity index is 1.65. The maximum Gasteiger partial charge on any atom is 0.410 e. The fraction of sp³-hybridized carbons (Fsp3) is 0.676. The summed E-state index contributed by atoms with van der Waals surface area (Å²) >= 11 is 0. The molecule has 12 nitrogen and oxygen atoms in total. The minimum atomic E-state index is -1.05. The molecule has 12 heteroatoms. The first-order valence-electron chi connectivity index (χ1n) is 16.5. The Bertz CT molecular complexity index is 1320. The minimum Gasteiger partial charge on any atom is -0.449 e. The molecule has 3 aliphatic heterocycles. The molecule has 1 aromatic rings. The van der Waals surface area contributed by atoms with E-state index >= 15 is 0 Å².